The van der Waals surface area contributed by atoms with Crippen LogP contribution in [0.2, 0.25) is 0 Å². The van der Waals surface area contributed by atoms with Crippen LogP contribution in [0.5, 0.6) is 5.75 Å². The molecule has 0 saturated heterocycles. The maximum absolute atomic E-state index is 12.3. The highest BCUT2D eigenvalue weighted by molar-refractivity contribution is 5.94. The van der Waals surface area contributed by atoms with Crippen LogP contribution in [0.1, 0.15) is 41.9 Å². The topological polar surface area (TPSA) is 82.0 Å². The average molecular weight is 366 g/mol. The number of carbonyl (C=O) groups excluding carboxylic acids is 1. The van der Waals surface area contributed by atoms with Crippen molar-refractivity contribution in [1.82, 2.24) is 19.7 Å². The van der Waals surface area contributed by atoms with Crippen LogP contribution in [0.3, 0.4) is 0 Å². The molecule has 3 aromatic rings. The Labute approximate surface area is 157 Å². The Hall–Kier alpha value is -3.09. The first-order valence-electron chi connectivity index (χ1n) is 9.09. The van der Waals surface area contributed by atoms with Crippen molar-refractivity contribution < 1.29 is 14.3 Å². The molecular formula is C20H22N4O3. The van der Waals surface area contributed by atoms with Gasteiger partial charge < -0.3 is 14.0 Å². The van der Waals surface area contributed by atoms with Crippen LogP contribution in [0.4, 0.5) is 0 Å². The van der Waals surface area contributed by atoms with E-state index in [1.165, 1.54) is 18.4 Å². The fourth-order valence-electron chi connectivity index (χ4n) is 3.45. The van der Waals surface area contributed by atoms with Gasteiger partial charge in [-0.05, 0) is 43.4 Å². The summed E-state index contributed by atoms with van der Waals surface area (Å²) in [5.41, 5.74) is 3.09. The van der Waals surface area contributed by atoms with Gasteiger partial charge in [-0.3, -0.25) is 5.10 Å². The van der Waals surface area contributed by atoms with E-state index in [9.17, 15) is 4.79 Å². The number of esters is 1. The normalized spacial score (nSPS) is 14.7. The van der Waals surface area contributed by atoms with Crippen molar-refractivity contribution in [2.24, 2.45) is 5.92 Å². The second-order valence-corrected chi connectivity index (χ2v) is 6.62. The van der Waals surface area contributed by atoms with Crippen LogP contribution in [0, 0.1) is 5.92 Å². The molecule has 0 radical (unpaired) electrons. The molecule has 27 heavy (non-hydrogen) atoms. The number of benzene rings is 1. The van der Waals surface area contributed by atoms with E-state index in [-0.39, 0.29) is 6.04 Å². The molecular weight excluding hydrogens is 344 g/mol. The van der Waals surface area contributed by atoms with E-state index in [0.717, 1.165) is 11.4 Å². The standard InChI is InChI=1S/C20H22N4O3/c1-3-27-20(25)18-16(10-22-23-18)17-11-21-12-24(17)19(13-4-5-13)14-6-8-15(26-2)9-7-14/h6-13,19H,3-5H2,1-2H3,(H,22,23)/t19-/m0/s1. The summed E-state index contributed by atoms with van der Waals surface area (Å²) in [4.78, 5) is 16.6. The maximum atomic E-state index is 12.3. The van der Waals surface area contributed by atoms with Gasteiger partial charge in [0.25, 0.3) is 0 Å². The van der Waals surface area contributed by atoms with Gasteiger partial charge in [0.2, 0.25) is 0 Å². The Kier molecular flexibility index (Phi) is 4.66. The molecule has 2 heterocycles. The van der Waals surface area contributed by atoms with Crippen molar-refractivity contribution in [3.63, 3.8) is 0 Å². The van der Waals surface area contributed by atoms with Gasteiger partial charge in [0.05, 0.1) is 49.7 Å². The monoisotopic (exact) mass is 366 g/mol. The lowest BCUT2D eigenvalue weighted by Gasteiger charge is -2.21. The molecule has 1 aliphatic rings. The summed E-state index contributed by atoms with van der Waals surface area (Å²) in [6.07, 6.45) is 7.59. The third-order valence-electron chi connectivity index (χ3n) is 4.89. The molecule has 7 heteroatoms. The Balaban J connectivity index is 1.74. The van der Waals surface area contributed by atoms with Gasteiger partial charge in [-0.2, -0.15) is 5.10 Å². The number of imidazole rings is 1. The first-order chi connectivity index (χ1) is 13.2. The minimum Gasteiger partial charge on any atom is -0.497 e. The smallest absolute Gasteiger partial charge is 0.357 e. The van der Waals surface area contributed by atoms with E-state index in [1.807, 2.05) is 18.5 Å². The van der Waals surface area contributed by atoms with Crippen LogP contribution in [0.25, 0.3) is 11.3 Å². The lowest BCUT2D eigenvalue weighted by molar-refractivity contribution is 0.0520. The van der Waals surface area contributed by atoms with E-state index < -0.39 is 5.97 Å². The van der Waals surface area contributed by atoms with E-state index in [4.69, 9.17) is 9.47 Å². The number of methoxy groups -OCH3 is 1. The largest absolute Gasteiger partial charge is 0.497 e. The molecule has 7 nitrogen and oxygen atoms in total. The highest BCUT2D eigenvalue weighted by atomic mass is 16.5. The molecule has 1 aromatic carbocycles. The predicted molar refractivity (Wildman–Crippen MR) is 99.6 cm³/mol. The molecule has 4 rings (SSSR count). The zero-order chi connectivity index (χ0) is 18.8. The van der Waals surface area contributed by atoms with Gasteiger partial charge in [-0.15, -0.1) is 0 Å². The van der Waals surface area contributed by atoms with E-state index in [1.54, 1.807) is 26.4 Å². The van der Waals surface area contributed by atoms with Crippen LogP contribution >= 0.6 is 0 Å². The van der Waals surface area contributed by atoms with E-state index in [0.29, 0.717) is 23.8 Å². The molecule has 0 spiro atoms. The quantitative estimate of drug-likeness (QED) is 0.648. The number of hydrogen-bond acceptors (Lipinski definition) is 5. The third kappa shape index (κ3) is 3.32. The summed E-state index contributed by atoms with van der Waals surface area (Å²) in [6, 6.07) is 8.28. The maximum Gasteiger partial charge on any atom is 0.357 e. The van der Waals surface area contributed by atoms with Crippen molar-refractivity contribution >= 4 is 5.97 Å². The van der Waals surface area contributed by atoms with Gasteiger partial charge in [-0.1, -0.05) is 12.1 Å². The number of rotatable bonds is 7. The molecule has 1 saturated carbocycles. The molecule has 1 N–H and O–H groups in total. The number of aromatic amines is 1. The van der Waals surface area contributed by atoms with Crippen molar-refractivity contribution in [2.45, 2.75) is 25.8 Å². The fraction of sp³-hybridized carbons (Fsp3) is 0.350. The van der Waals surface area contributed by atoms with Crippen molar-refractivity contribution in [1.29, 1.82) is 0 Å². The number of nitrogens with one attached hydrogen (secondary N) is 1. The van der Waals surface area contributed by atoms with Gasteiger partial charge in [0.1, 0.15) is 5.75 Å². The Morgan fingerprint density at radius 1 is 1.30 bits per heavy atom. The van der Waals surface area contributed by atoms with E-state index >= 15 is 0 Å². The predicted octanol–water partition coefficient (Wildman–Crippen LogP) is 3.46. The van der Waals surface area contributed by atoms with Crippen molar-refractivity contribution in [2.75, 3.05) is 13.7 Å². The molecule has 0 bridgehead atoms. The van der Waals surface area contributed by atoms with Gasteiger partial charge >= 0.3 is 5.97 Å². The van der Waals surface area contributed by atoms with Crippen LogP contribution in [-0.4, -0.2) is 39.4 Å². The molecule has 0 unspecified atom stereocenters. The summed E-state index contributed by atoms with van der Waals surface area (Å²) in [5.74, 6) is 0.966. The Bertz CT molecular complexity index is 925. The molecule has 2 aromatic heterocycles. The first-order valence-corrected chi connectivity index (χ1v) is 9.09. The highest BCUT2D eigenvalue weighted by Crippen LogP contribution is 2.45. The molecule has 1 aliphatic carbocycles. The minimum absolute atomic E-state index is 0.151. The number of aromatic nitrogens is 4. The average Bonchev–Trinajstić information content (AvgIpc) is 3.19. The van der Waals surface area contributed by atoms with Crippen molar-refractivity contribution in [3.8, 4) is 17.0 Å². The number of carbonyl (C=O) groups is 1. The zero-order valence-corrected chi connectivity index (χ0v) is 15.4. The first kappa shape index (κ1) is 17.3. The highest BCUT2D eigenvalue weighted by Gasteiger charge is 2.35. The Morgan fingerprint density at radius 2 is 2.07 bits per heavy atom. The second-order valence-electron chi connectivity index (χ2n) is 6.62. The number of hydrogen-bond donors (Lipinski definition) is 1. The summed E-state index contributed by atoms with van der Waals surface area (Å²) in [7, 11) is 1.66. The minimum atomic E-state index is -0.412. The van der Waals surface area contributed by atoms with Gasteiger partial charge in [0.15, 0.2) is 5.69 Å². The SMILES string of the molecule is CCOC(=O)c1[nH]ncc1-c1cncn1[C@H](c1ccc(OC)cc1)C1CC1. The molecule has 0 aliphatic heterocycles. The fourth-order valence-corrected chi connectivity index (χ4v) is 3.45. The van der Waals surface area contributed by atoms with Gasteiger partial charge in [-0.25, -0.2) is 9.78 Å². The molecule has 0 amide bonds. The zero-order valence-electron chi connectivity index (χ0n) is 15.4. The van der Waals surface area contributed by atoms with Crippen LogP contribution in [-0.2, 0) is 4.74 Å². The summed E-state index contributed by atoms with van der Waals surface area (Å²) >= 11 is 0. The van der Waals surface area contributed by atoms with E-state index in [2.05, 4.69) is 31.9 Å². The Morgan fingerprint density at radius 3 is 2.74 bits per heavy atom. The van der Waals surface area contributed by atoms with Crippen molar-refractivity contribution in [3.05, 3.63) is 54.2 Å². The summed E-state index contributed by atoms with van der Waals surface area (Å²) < 4.78 is 12.6. The lowest BCUT2D eigenvalue weighted by atomic mass is 10.0. The lowest BCUT2D eigenvalue weighted by Crippen LogP contribution is -2.14. The summed E-state index contributed by atoms with van der Waals surface area (Å²) in [6.45, 7) is 2.10. The van der Waals surface area contributed by atoms with Crippen LogP contribution in [0.15, 0.2) is 43.0 Å². The molecule has 1 fully saturated rings. The number of H-pyrrole nitrogens is 1. The van der Waals surface area contributed by atoms with Crippen LogP contribution < -0.4 is 4.74 Å². The number of nitrogens with zero attached hydrogens (tertiary/aromatic N) is 3. The number of ether oxygens (including phenoxy) is 2. The third-order valence-corrected chi connectivity index (χ3v) is 4.89. The second kappa shape index (κ2) is 7.26. The summed E-state index contributed by atoms with van der Waals surface area (Å²) in [5, 5.41) is 6.82. The molecule has 140 valence electrons. The van der Waals surface area contributed by atoms with Gasteiger partial charge in [0, 0.05) is 0 Å². The molecule has 1 atom stereocenters.